The third-order valence-electron chi connectivity index (χ3n) is 2.60. The average molecular weight is 203 g/mol. The molecule has 0 saturated carbocycles. The van der Waals surface area contributed by atoms with E-state index in [2.05, 4.69) is 4.98 Å². The molecule has 0 amide bonds. The summed E-state index contributed by atoms with van der Waals surface area (Å²) in [6, 6.07) is 7.34. The molecule has 0 fully saturated rings. The number of carbonyl (C=O) groups excluding carboxylic acids is 1. The van der Waals surface area contributed by atoms with Crippen LogP contribution in [0.15, 0.2) is 24.3 Å². The average Bonchev–Trinajstić information content (AvgIpc) is 2.52. The Morgan fingerprint density at radius 1 is 1.47 bits per heavy atom. The Morgan fingerprint density at radius 3 is 2.80 bits per heavy atom. The molecule has 1 atom stereocenters. The number of aromatic nitrogens is 2. The number of benzene rings is 1. The molecule has 0 spiro atoms. The zero-order valence-electron chi connectivity index (χ0n) is 8.77. The van der Waals surface area contributed by atoms with Gasteiger partial charge in [-0.1, -0.05) is 12.1 Å². The summed E-state index contributed by atoms with van der Waals surface area (Å²) < 4.78 is 1.76. The van der Waals surface area contributed by atoms with Crippen LogP contribution in [0.2, 0.25) is 0 Å². The van der Waals surface area contributed by atoms with Crippen molar-refractivity contribution in [3.63, 3.8) is 0 Å². The smallest absolute Gasteiger partial charge is 0.201 e. The molecule has 1 unspecified atom stereocenters. The van der Waals surface area contributed by atoms with Crippen LogP contribution in [0.5, 0.6) is 0 Å². The quantitative estimate of drug-likeness (QED) is 0.809. The molecule has 1 aromatic carbocycles. The Balaban J connectivity index is 2.68. The molecule has 78 valence electrons. The second-order valence-electron chi connectivity index (χ2n) is 3.62. The number of hydrogen-bond donors (Lipinski definition) is 1. The number of Topliss-reactive ketones (excluding diaryl/α,β-unsaturated/α-hetero) is 1. The Bertz CT molecular complexity index is 516. The normalized spacial score (nSPS) is 12.9. The van der Waals surface area contributed by atoms with Gasteiger partial charge in [0.2, 0.25) is 5.95 Å². The van der Waals surface area contributed by atoms with E-state index >= 15 is 0 Å². The number of nitrogens with zero attached hydrogens (tertiary/aromatic N) is 2. The zero-order valence-corrected chi connectivity index (χ0v) is 8.77. The number of hydrogen-bond acceptors (Lipinski definition) is 3. The van der Waals surface area contributed by atoms with Gasteiger partial charge < -0.3 is 10.3 Å². The summed E-state index contributed by atoms with van der Waals surface area (Å²) in [5.41, 5.74) is 7.51. The van der Waals surface area contributed by atoms with Crippen molar-refractivity contribution >= 4 is 22.8 Å². The second-order valence-corrected chi connectivity index (χ2v) is 3.62. The number of nitrogen functional groups attached to an aromatic ring is 1. The van der Waals surface area contributed by atoms with E-state index < -0.39 is 0 Å². The lowest BCUT2D eigenvalue weighted by atomic mass is 10.2. The molecule has 2 N–H and O–H groups in total. The Morgan fingerprint density at radius 2 is 2.13 bits per heavy atom. The van der Waals surface area contributed by atoms with Crippen LogP contribution in [0.1, 0.15) is 19.9 Å². The number of anilines is 1. The predicted octanol–water partition coefficient (Wildman–Crippen LogP) is 1.77. The van der Waals surface area contributed by atoms with E-state index in [1.54, 1.807) is 11.5 Å². The lowest BCUT2D eigenvalue weighted by Crippen LogP contribution is -2.15. The molecule has 1 aromatic heterocycles. The monoisotopic (exact) mass is 203 g/mol. The summed E-state index contributed by atoms with van der Waals surface area (Å²) in [5.74, 6) is 0.462. The van der Waals surface area contributed by atoms with Gasteiger partial charge in [-0.25, -0.2) is 4.98 Å². The van der Waals surface area contributed by atoms with Crippen LogP contribution in [-0.4, -0.2) is 15.3 Å². The molecular weight excluding hydrogens is 190 g/mol. The van der Waals surface area contributed by atoms with Gasteiger partial charge in [0.25, 0.3) is 0 Å². The van der Waals surface area contributed by atoms with Gasteiger partial charge in [-0.3, -0.25) is 4.79 Å². The van der Waals surface area contributed by atoms with E-state index in [9.17, 15) is 4.79 Å². The maximum Gasteiger partial charge on any atom is 0.201 e. The Kier molecular flexibility index (Phi) is 2.19. The first kappa shape index (κ1) is 9.71. The van der Waals surface area contributed by atoms with E-state index in [1.165, 1.54) is 0 Å². The standard InChI is InChI=1S/C11H13N3O/c1-7(8(2)15)14-10-6-4-3-5-9(10)13-11(14)12/h3-7H,1-2H3,(H2,12,13). The molecule has 0 aliphatic heterocycles. The first-order chi connectivity index (χ1) is 7.11. The third-order valence-corrected chi connectivity index (χ3v) is 2.60. The van der Waals surface area contributed by atoms with Crippen LogP contribution in [0.4, 0.5) is 5.95 Å². The van der Waals surface area contributed by atoms with Gasteiger partial charge in [-0.05, 0) is 26.0 Å². The molecule has 2 rings (SSSR count). The first-order valence-corrected chi connectivity index (χ1v) is 4.84. The van der Waals surface area contributed by atoms with Gasteiger partial charge in [-0.2, -0.15) is 0 Å². The van der Waals surface area contributed by atoms with Gasteiger partial charge in [0.15, 0.2) is 5.78 Å². The summed E-state index contributed by atoms with van der Waals surface area (Å²) in [5, 5.41) is 0. The van der Waals surface area contributed by atoms with Gasteiger partial charge >= 0.3 is 0 Å². The second kappa shape index (κ2) is 3.38. The highest BCUT2D eigenvalue weighted by atomic mass is 16.1. The van der Waals surface area contributed by atoms with E-state index in [0.29, 0.717) is 5.95 Å². The topological polar surface area (TPSA) is 60.9 Å². The molecule has 0 aliphatic carbocycles. The van der Waals surface area contributed by atoms with Crippen molar-refractivity contribution < 1.29 is 4.79 Å². The van der Waals surface area contributed by atoms with Crippen LogP contribution >= 0.6 is 0 Å². The summed E-state index contributed by atoms with van der Waals surface area (Å²) in [6.07, 6.45) is 0. The highest BCUT2D eigenvalue weighted by Crippen LogP contribution is 2.22. The largest absolute Gasteiger partial charge is 0.369 e. The number of fused-ring (bicyclic) bond motifs is 1. The molecule has 0 saturated heterocycles. The van der Waals surface area contributed by atoms with Crippen LogP contribution < -0.4 is 5.73 Å². The summed E-state index contributed by atoms with van der Waals surface area (Å²) in [4.78, 5) is 15.5. The number of ketones is 1. The van der Waals surface area contributed by atoms with Crippen molar-refractivity contribution in [1.29, 1.82) is 0 Å². The van der Waals surface area contributed by atoms with E-state index in [4.69, 9.17) is 5.73 Å². The number of nitrogens with two attached hydrogens (primary N) is 1. The highest BCUT2D eigenvalue weighted by Gasteiger charge is 2.16. The van der Waals surface area contributed by atoms with Gasteiger partial charge in [0.05, 0.1) is 17.1 Å². The van der Waals surface area contributed by atoms with Crippen molar-refractivity contribution in [2.24, 2.45) is 0 Å². The predicted molar refractivity (Wildman–Crippen MR) is 59.5 cm³/mol. The van der Waals surface area contributed by atoms with Crippen molar-refractivity contribution in [2.75, 3.05) is 5.73 Å². The van der Waals surface area contributed by atoms with Crippen LogP contribution in [0.25, 0.3) is 11.0 Å². The van der Waals surface area contributed by atoms with E-state index in [1.807, 2.05) is 31.2 Å². The molecule has 4 heteroatoms. The molecule has 15 heavy (non-hydrogen) atoms. The molecule has 4 nitrogen and oxygen atoms in total. The minimum absolute atomic E-state index is 0.0739. The SMILES string of the molecule is CC(=O)C(C)n1c(N)nc2ccccc21. The maximum absolute atomic E-state index is 11.3. The minimum Gasteiger partial charge on any atom is -0.369 e. The fraction of sp³-hybridized carbons (Fsp3) is 0.273. The highest BCUT2D eigenvalue weighted by molar-refractivity contribution is 5.85. The fourth-order valence-corrected chi connectivity index (χ4v) is 1.65. The summed E-state index contributed by atoms with van der Waals surface area (Å²) in [7, 11) is 0. The number of rotatable bonds is 2. The van der Waals surface area contributed by atoms with Crippen molar-refractivity contribution in [3.8, 4) is 0 Å². The molecule has 1 heterocycles. The molecule has 2 aromatic rings. The lowest BCUT2D eigenvalue weighted by molar-refractivity contribution is -0.119. The Hall–Kier alpha value is -1.84. The van der Waals surface area contributed by atoms with Crippen molar-refractivity contribution in [3.05, 3.63) is 24.3 Å². The molecule has 0 radical (unpaired) electrons. The van der Waals surface area contributed by atoms with Crippen LogP contribution in [0.3, 0.4) is 0 Å². The zero-order chi connectivity index (χ0) is 11.0. The lowest BCUT2D eigenvalue weighted by Gasteiger charge is -2.12. The van der Waals surface area contributed by atoms with Crippen LogP contribution in [0, 0.1) is 0 Å². The van der Waals surface area contributed by atoms with Gasteiger partial charge in [0, 0.05) is 0 Å². The summed E-state index contributed by atoms with van der Waals surface area (Å²) in [6.45, 7) is 3.38. The molecular formula is C11H13N3O. The molecule has 0 bridgehead atoms. The number of para-hydroxylation sites is 2. The minimum atomic E-state index is -0.266. The van der Waals surface area contributed by atoms with Gasteiger partial charge in [0.1, 0.15) is 0 Å². The maximum atomic E-state index is 11.3. The summed E-state index contributed by atoms with van der Waals surface area (Å²) >= 11 is 0. The first-order valence-electron chi connectivity index (χ1n) is 4.84. The Labute approximate surface area is 87.7 Å². The third kappa shape index (κ3) is 1.48. The molecule has 0 aliphatic rings. The van der Waals surface area contributed by atoms with Crippen molar-refractivity contribution in [1.82, 2.24) is 9.55 Å². The van der Waals surface area contributed by atoms with Gasteiger partial charge in [-0.15, -0.1) is 0 Å². The fourth-order valence-electron chi connectivity index (χ4n) is 1.65. The van der Waals surface area contributed by atoms with E-state index in [-0.39, 0.29) is 11.8 Å². The van der Waals surface area contributed by atoms with Crippen molar-refractivity contribution in [2.45, 2.75) is 19.9 Å². The van der Waals surface area contributed by atoms with Crippen LogP contribution in [-0.2, 0) is 4.79 Å². The number of carbonyl (C=O) groups is 1. The van der Waals surface area contributed by atoms with E-state index in [0.717, 1.165) is 11.0 Å². The number of imidazole rings is 1.